The highest BCUT2D eigenvalue weighted by Gasteiger charge is 2.22. The Hall–Kier alpha value is -2.89. The summed E-state index contributed by atoms with van der Waals surface area (Å²) in [6.45, 7) is 0.813. The Labute approximate surface area is 145 Å². The lowest BCUT2D eigenvalue weighted by Crippen LogP contribution is -2.35. The van der Waals surface area contributed by atoms with Gasteiger partial charge in [0.1, 0.15) is 11.6 Å². The fourth-order valence-corrected chi connectivity index (χ4v) is 3.27. The Morgan fingerprint density at radius 2 is 2.04 bits per heavy atom. The second-order valence-electron chi connectivity index (χ2n) is 6.32. The number of carbonyl (C=O) groups excluding carboxylic acids is 1. The lowest BCUT2D eigenvalue weighted by atomic mass is 10.1. The second kappa shape index (κ2) is 6.93. The molecule has 1 aliphatic heterocycles. The van der Waals surface area contributed by atoms with Crippen molar-refractivity contribution in [3.05, 3.63) is 71.7 Å². The number of amides is 1. The molecular weight excluding hydrogens is 316 g/mol. The van der Waals surface area contributed by atoms with Gasteiger partial charge in [-0.15, -0.1) is 10.2 Å². The fourth-order valence-electron chi connectivity index (χ4n) is 3.27. The van der Waals surface area contributed by atoms with Crippen molar-refractivity contribution in [2.45, 2.75) is 38.3 Å². The smallest absolute Gasteiger partial charge is 0.287 e. The molecule has 128 valence electrons. The predicted molar refractivity (Wildman–Crippen MR) is 92.2 cm³/mol. The van der Waals surface area contributed by atoms with E-state index in [1.807, 2.05) is 18.2 Å². The quantitative estimate of drug-likeness (QED) is 0.795. The van der Waals surface area contributed by atoms with Crippen LogP contribution in [0.25, 0.3) is 0 Å². The highest BCUT2D eigenvalue weighted by molar-refractivity contribution is 5.91. The van der Waals surface area contributed by atoms with E-state index < -0.39 is 0 Å². The van der Waals surface area contributed by atoms with Crippen molar-refractivity contribution in [3.8, 4) is 0 Å². The number of rotatable bonds is 4. The van der Waals surface area contributed by atoms with Gasteiger partial charge in [0, 0.05) is 25.4 Å². The Morgan fingerprint density at radius 1 is 1.16 bits per heavy atom. The van der Waals surface area contributed by atoms with Crippen LogP contribution in [0.1, 0.15) is 40.6 Å². The Bertz CT molecular complexity index is 840. The molecule has 4 rings (SSSR count). The van der Waals surface area contributed by atoms with Crippen molar-refractivity contribution in [1.82, 2.24) is 20.1 Å². The molecule has 1 N–H and O–H groups in total. The number of furan rings is 1. The van der Waals surface area contributed by atoms with Gasteiger partial charge in [0.2, 0.25) is 0 Å². The summed E-state index contributed by atoms with van der Waals surface area (Å²) in [6.07, 6.45) is 4.82. The second-order valence-corrected chi connectivity index (χ2v) is 6.32. The monoisotopic (exact) mass is 336 g/mol. The normalized spacial score (nSPS) is 16.9. The number of aromatic nitrogens is 3. The van der Waals surface area contributed by atoms with E-state index in [1.54, 1.807) is 12.1 Å². The summed E-state index contributed by atoms with van der Waals surface area (Å²) in [7, 11) is 0. The van der Waals surface area contributed by atoms with Crippen LogP contribution in [0.2, 0.25) is 0 Å². The molecule has 1 aromatic carbocycles. The molecule has 25 heavy (non-hydrogen) atoms. The molecule has 1 atom stereocenters. The number of carbonyl (C=O) groups is 1. The summed E-state index contributed by atoms with van der Waals surface area (Å²) >= 11 is 0. The molecule has 1 unspecified atom stereocenters. The third kappa shape index (κ3) is 3.47. The topological polar surface area (TPSA) is 73.0 Å². The lowest BCUT2D eigenvalue weighted by Gasteiger charge is -2.15. The third-order valence-electron chi connectivity index (χ3n) is 4.61. The van der Waals surface area contributed by atoms with E-state index in [9.17, 15) is 4.79 Å². The molecule has 0 spiro atoms. The van der Waals surface area contributed by atoms with E-state index in [4.69, 9.17) is 4.42 Å². The molecule has 1 amide bonds. The van der Waals surface area contributed by atoms with Gasteiger partial charge in [-0.05, 0) is 30.5 Å². The number of aryl methyl sites for hydroxylation is 1. The van der Waals surface area contributed by atoms with Crippen molar-refractivity contribution in [2.24, 2.45) is 0 Å². The van der Waals surface area contributed by atoms with Crippen LogP contribution in [0.5, 0.6) is 0 Å². The summed E-state index contributed by atoms with van der Waals surface area (Å²) in [5.41, 5.74) is 1.23. The zero-order valence-corrected chi connectivity index (χ0v) is 13.9. The lowest BCUT2D eigenvalue weighted by molar-refractivity contribution is 0.0905. The molecule has 0 bridgehead atoms. The van der Waals surface area contributed by atoms with Crippen molar-refractivity contribution in [2.75, 3.05) is 0 Å². The van der Waals surface area contributed by atoms with E-state index in [1.165, 1.54) is 11.8 Å². The number of fused-ring (bicyclic) bond motifs is 1. The van der Waals surface area contributed by atoms with E-state index >= 15 is 0 Å². The Morgan fingerprint density at radius 3 is 2.84 bits per heavy atom. The number of hydrogen-bond donors (Lipinski definition) is 1. The molecule has 6 heteroatoms. The summed E-state index contributed by atoms with van der Waals surface area (Å²) < 4.78 is 7.36. The van der Waals surface area contributed by atoms with Gasteiger partial charge in [-0.1, -0.05) is 30.3 Å². The van der Waals surface area contributed by atoms with Crippen LogP contribution in [0.3, 0.4) is 0 Å². The van der Waals surface area contributed by atoms with Crippen LogP contribution >= 0.6 is 0 Å². The number of nitrogens with zero attached hydrogens (tertiary/aromatic N) is 3. The maximum atomic E-state index is 12.2. The minimum Gasteiger partial charge on any atom is -0.459 e. The Kier molecular flexibility index (Phi) is 4.33. The van der Waals surface area contributed by atoms with Gasteiger partial charge in [-0.25, -0.2) is 0 Å². The zero-order chi connectivity index (χ0) is 17.1. The molecule has 0 fully saturated rings. The predicted octanol–water partition coefficient (Wildman–Crippen LogP) is 2.60. The first kappa shape index (κ1) is 15.6. The molecule has 3 aromatic rings. The fraction of sp³-hybridized carbons (Fsp3) is 0.316. The minimum atomic E-state index is -0.155. The summed E-state index contributed by atoms with van der Waals surface area (Å²) in [4.78, 5) is 12.2. The van der Waals surface area contributed by atoms with E-state index in [0.717, 1.165) is 43.9 Å². The van der Waals surface area contributed by atoms with Gasteiger partial charge in [0.05, 0.1) is 6.26 Å². The standard InChI is InChI=1S/C19H20N4O2/c24-19(16-7-4-12-25-16)20-15-8-9-17-21-22-18(23(17)11-10-15)13-14-5-2-1-3-6-14/h1-7,12,15H,8-11,13H2,(H,20,24). The maximum Gasteiger partial charge on any atom is 0.287 e. The molecule has 0 radical (unpaired) electrons. The molecule has 0 saturated carbocycles. The molecule has 0 saturated heterocycles. The van der Waals surface area contributed by atoms with Gasteiger partial charge in [0.25, 0.3) is 5.91 Å². The highest BCUT2D eigenvalue weighted by atomic mass is 16.3. The van der Waals surface area contributed by atoms with Gasteiger partial charge in [-0.3, -0.25) is 4.79 Å². The van der Waals surface area contributed by atoms with Crippen LogP contribution in [0.15, 0.2) is 53.1 Å². The highest BCUT2D eigenvalue weighted by Crippen LogP contribution is 2.18. The van der Waals surface area contributed by atoms with Crippen LogP contribution in [0, 0.1) is 0 Å². The van der Waals surface area contributed by atoms with Crippen molar-refractivity contribution in [1.29, 1.82) is 0 Å². The van der Waals surface area contributed by atoms with E-state index in [2.05, 4.69) is 32.2 Å². The minimum absolute atomic E-state index is 0.115. The van der Waals surface area contributed by atoms with Gasteiger partial charge in [-0.2, -0.15) is 0 Å². The summed E-state index contributed by atoms with van der Waals surface area (Å²) in [6, 6.07) is 13.8. The molecule has 2 aromatic heterocycles. The van der Waals surface area contributed by atoms with Crippen molar-refractivity contribution < 1.29 is 9.21 Å². The molecule has 1 aliphatic rings. The van der Waals surface area contributed by atoms with E-state index in [-0.39, 0.29) is 11.9 Å². The summed E-state index contributed by atoms with van der Waals surface area (Å²) in [5, 5.41) is 11.8. The first-order valence-corrected chi connectivity index (χ1v) is 8.59. The first-order valence-electron chi connectivity index (χ1n) is 8.59. The van der Waals surface area contributed by atoms with Crippen molar-refractivity contribution in [3.63, 3.8) is 0 Å². The number of hydrogen-bond acceptors (Lipinski definition) is 4. The van der Waals surface area contributed by atoms with Crippen LogP contribution < -0.4 is 5.32 Å². The van der Waals surface area contributed by atoms with E-state index in [0.29, 0.717) is 5.76 Å². The average Bonchev–Trinajstić information content (AvgIpc) is 3.25. The molecular formula is C19H20N4O2. The van der Waals surface area contributed by atoms with Crippen LogP contribution in [-0.4, -0.2) is 26.7 Å². The van der Waals surface area contributed by atoms with Crippen LogP contribution in [0.4, 0.5) is 0 Å². The SMILES string of the molecule is O=C(NC1CCc2nnc(Cc3ccccc3)n2CC1)c1ccco1. The van der Waals surface area contributed by atoms with Crippen LogP contribution in [-0.2, 0) is 19.4 Å². The van der Waals surface area contributed by atoms with Gasteiger partial charge < -0.3 is 14.3 Å². The number of nitrogens with one attached hydrogen (secondary N) is 1. The molecule has 0 aliphatic carbocycles. The van der Waals surface area contributed by atoms with Crippen molar-refractivity contribution >= 4 is 5.91 Å². The van der Waals surface area contributed by atoms with Gasteiger partial charge in [0.15, 0.2) is 5.76 Å². The average molecular weight is 336 g/mol. The third-order valence-corrected chi connectivity index (χ3v) is 4.61. The summed E-state index contributed by atoms with van der Waals surface area (Å²) in [5.74, 6) is 2.19. The first-order chi connectivity index (χ1) is 12.3. The Balaban J connectivity index is 1.43. The maximum absolute atomic E-state index is 12.2. The zero-order valence-electron chi connectivity index (χ0n) is 13.9. The molecule has 3 heterocycles. The largest absolute Gasteiger partial charge is 0.459 e. The number of benzene rings is 1. The molecule has 6 nitrogen and oxygen atoms in total. The van der Waals surface area contributed by atoms with Gasteiger partial charge >= 0.3 is 0 Å².